The van der Waals surface area contributed by atoms with E-state index in [1.807, 2.05) is 0 Å². The molecule has 0 saturated heterocycles. The van der Waals surface area contributed by atoms with Crippen LogP contribution in [0.1, 0.15) is 135 Å². The Kier molecular flexibility index (Phi) is 28.5. The lowest BCUT2D eigenvalue weighted by Crippen LogP contribution is -2.46. The predicted octanol–water partition coefficient (Wildman–Crippen LogP) is 8.18. The Balaban J connectivity index is 0.00000143. The van der Waals surface area contributed by atoms with E-state index in [1.54, 1.807) is 57.2 Å². The number of methoxy groups -OCH3 is 2. The van der Waals surface area contributed by atoms with Crippen molar-refractivity contribution >= 4 is 93.4 Å². The molecule has 2 aliphatic rings. The number of nitrogens with two attached hydrogens (primary N) is 1. The van der Waals surface area contributed by atoms with Crippen LogP contribution in [0.4, 0.5) is 50.9 Å². The van der Waals surface area contributed by atoms with Crippen molar-refractivity contribution in [1.82, 2.24) is 21.3 Å². The molecule has 0 spiro atoms. The number of hydrogen-bond acceptors (Lipinski definition) is 16. The van der Waals surface area contributed by atoms with E-state index in [2.05, 4.69) is 41.4 Å². The molecule has 0 saturated carbocycles. The highest BCUT2D eigenvalue weighted by Crippen LogP contribution is 2.39. The van der Waals surface area contributed by atoms with Crippen LogP contribution >= 0.6 is 22.7 Å². The minimum atomic E-state index is -5.08. The highest BCUT2D eigenvalue weighted by molar-refractivity contribution is 7.16. The predicted molar refractivity (Wildman–Crippen MR) is 290 cm³/mol. The molecule has 2 aromatic carbocycles. The zero-order valence-corrected chi connectivity index (χ0v) is 43.9. The summed E-state index contributed by atoms with van der Waals surface area (Å²) in [5.41, 5.74) is 5.73. The lowest BCUT2D eigenvalue weighted by molar-refractivity contribution is -0.192. The van der Waals surface area contributed by atoms with E-state index in [0.717, 1.165) is 14.2 Å². The van der Waals surface area contributed by atoms with Gasteiger partial charge in [0.25, 0.3) is 23.6 Å². The van der Waals surface area contributed by atoms with Gasteiger partial charge in [0.1, 0.15) is 27.4 Å². The average Bonchev–Trinajstić information content (AvgIpc) is 4.30. The number of alkyl halides is 9. The van der Waals surface area contributed by atoms with Gasteiger partial charge >= 0.3 is 42.4 Å². The third-order valence-electron chi connectivity index (χ3n) is 10.7. The van der Waals surface area contributed by atoms with Crippen molar-refractivity contribution in [2.24, 2.45) is 5.73 Å². The maximum Gasteiger partial charge on any atom is 0.490 e. The molecule has 84 heavy (non-hydrogen) atoms. The molecule has 21 nitrogen and oxygen atoms in total. The monoisotopic (exact) mass is 1250 g/mol. The number of fused-ring (bicyclic) bond motifs is 2. The number of carboxylic acids is 1. The molecule has 0 unspecified atom stereocenters. The molecule has 0 bridgehead atoms. The fourth-order valence-corrected chi connectivity index (χ4v) is 9.10. The summed E-state index contributed by atoms with van der Waals surface area (Å²) in [7, 11) is 2.07. The molecule has 2 atom stereocenters. The van der Waals surface area contributed by atoms with E-state index in [9.17, 15) is 82.7 Å². The molecule has 2 aliphatic heterocycles. The van der Waals surface area contributed by atoms with Crippen molar-refractivity contribution in [3.63, 3.8) is 0 Å². The molecular weight excluding hydrogens is 1180 g/mol. The molecule has 0 aliphatic carbocycles. The van der Waals surface area contributed by atoms with Crippen molar-refractivity contribution in [1.29, 1.82) is 0 Å². The summed E-state index contributed by atoms with van der Waals surface area (Å²) in [6.07, 6.45) is -15.3. The first kappa shape index (κ1) is 75.9. The number of carboxylic acid groups (broad SMARTS) is 1. The van der Waals surface area contributed by atoms with E-state index in [0.29, 0.717) is 68.4 Å². The average molecular weight is 1250 g/mol. The number of aliphatic carboxylic acids is 1. The third kappa shape index (κ3) is 21.2. The van der Waals surface area contributed by atoms with Gasteiger partial charge in [0.05, 0.1) is 47.9 Å². The molecule has 0 fully saturated rings. The van der Waals surface area contributed by atoms with Crippen LogP contribution in [-0.2, 0) is 81.3 Å². The maximum absolute atomic E-state index is 13.8. The van der Waals surface area contributed by atoms with E-state index in [1.165, 1.54) is 0 Å². The number of thiophene rings is 2. The van der Waals surface area contributed by atoms with Gasteiger partial charge < -0.3 is 57.0 Å². The second-order valence-electron chi connectivity index (χ2n) is 17.7. The maximum atomic E-state index is 13.8. The molecule has 2 aromatic heterocycles. The molecule has 6 rings (SSSR count). The number of anilines is 2. The highest BCUT2D eigenvalue weighted by atomic mass is 32.1. The number of carbonyl (C=O) groups is 10. The van der Waals surface area contributed by atoms with Crippen molar-refractivity contribution < 1.29 is 107 Å². The largest absolute Gasteiger partial charge is 0.490 e. The standard InChI is InChI=1S/C26H28F3N3O7S.C20H19F3N4O5S.C2HF3O2.4CH4/c1-25(2,3)39-20(34)9-8-17(24(37)38-4)32-23(36)21-15(26(27,28)29)11-18(40-21)22(35)30-12-13-6-5-7-16-14(13)10-19(33)31-16;1-32-19(31)13(7-24)27-18(30)16-11(20(21,22)23)6-14(33-16)17(29)25-8-9-3-2-4-12-10(9)5-15(28)26-12;3-2(4,5)1(6)7;;;;/h5-7,11,17H,8-10,12H2,1-4H3,(H,30,35)(H,31,33)(H,32,36);2-4,6,13H,5,7-8,24H2,1H3,(H,25,29)(H,26,28)(H,27,30);(H,6,7);4*1H4/t17-;13-;;;;;/m00...../s1. The number of amides is 6. The normalized spacial score (nSPS) is 12.8. The quantitative estimate of drug-likeness (QED) is 0.0298. The van der Waals surface area contributed by atoms with Gasteiger partial charge in [0.15, 0.2) is 0 Å². The van der Waals surface area contributed by atoms with Crippen LogP contribution in [0.3, 0.4) is 0 Å². The number of ether oxygens (including phenoxy) is 3. The first-order valence-corrected chi connectivity index (χ1v) is 24.5. The molecule has 6 amide bonds. The fourth-order valence-electron chi connectivity index (χ4n) is 7.10. The molecule has 32 heteroatoms. The second-order valence-corrected chi connectivity index (χ2v) is 19.8. The van der Waals surface area contributed by atoms with E-state index < -0.39 is 111 Å². The summed E-state index contributed by atoms with van der Waals surface area (Å²) in [6.45, 7) is 4.42. The van der Waals surface area contributed by atoms with Gasteiger partial charge in [-0.1, -0.05) is 54.0 Å². The van der Waals surface area contributed by atoms with Crippen LogP contribution in [0.2, 0.25) is 0 Å². The van der Waals surface area contributed by atoms with E-state index >= 15 is 0 Å². The van der Waals surface area contributed by atoms with Gasteiger partial charge in [-0.15, -0.1) is 22.7 Å². The minimum Gasteiger partial charge on any atom is -0.475 e. The van der Waals surface area contributed by atoms with Crippen LogP contribution in [0.15, 0.2) is 48.5 Å². The SMILES string of the molecule is C.C.C.C.COC(=O)[C@H](CCC(=O)OC(C)(C)C)NC(=O)c1sc(C(=O)NCc2cccc3c2CC(=O)N3)cc1C(F)(F)F.COC(=O)[C@H](CN)NC(=O)c1sc(C(=O)NCc2cccc3c2CC(=O)N3)cc1C(F)(F)F.O=C(O)C(F)(F)F. The van der Waals surface area contributed by atoms with Crippen molar-refractivity contribution in [2.45, 2.75) is 125 Å². The van der Waals surface area contributed by atoms with Crippen LogP contribution in [-0.4, -0.2) is 109 Å². The Morgan fingerprint density at radius 3 is 1.33 bits per heavy atom. The van der Waals surface area contributed by atoms with Gasteiger partial charge in [-0.3, -0.25) is 33.6 Å². The number of benzene rings is 2. The smallest absolute Gasteiger partial charge is 0.475 e. The van der Waals surface area contributed by atoms with Gasteiger partial charge in [0, 0.05) is 37.4 Å². The lowest BCUT2D eigenvalue weighted by atomic mass is 10.0. The summed E-state index contributed by atoms with van der Waals surface area (Å²) < 4.78 is 128. The first-order valence-electron chi connectivity index (χ1n) is 22.9. The van der Waals surface area contributed by atoms with Crippen molar-refractivity contribution in [3.05, 3.63) is 101 Å². The van der Waals surface area contributed by atoms with E-state index in [4.69, 9.17) is 20.4 Å². The molecule has 466 valence electrons. The Bertz CT molecular complexity index is 3040. The first-order chi connectivity index (χ1) is 37.1. The number of nitrogens with one attached hydrogen (secondary N) is 6. The lowest BCUT2D eigenvalue weighted by Gasteiger charge is -2.21. The van der Waals surface area contributed by atoms with Crippen molar-refractivity contribution in [3.8, 4) is 0 Å². The highest BCUT2D eigenvalue weighted by Gasteiger charge is 2.41. The summed E-state index contributed by atoms with van der Waals surface area (Å²) in [6, 6.07) is 8.45. The van der Waals surface area contributed by atoms with Gasteiger partial charge in [-0.05, 0) is 73.7 Å². The third-order valence-corrected chi connectivity index (χ3v) is 13.0. The Hall–Kier alpha value is -8.13. The number of halogens is 9. The molecular formula is C52H64F9N7O14S2. The van der Waals surface area contributed by atoms with Gasteiger partial charge in [0.2, 0.25) is 11.8 Å². The van der Waals surface area contributed by atoms with Crippen LogP contribution < -0.4 is 37.6 Å². The Morgan fingerprint density at radius 2 is 1.00 bits per heavy atom. The molecule has 4 aromatic rings. The molecule has 9 N–H and O–H groups in total. The van der Waals surface area contributed by atoms with Gasteiger partial charge in [-0.2, -0.15) is 39.5 Å². The van der Waals surface area contributed by atoms with Crippen LogP contribution in [0.5, 0.6) is 0 Å². The summed E-state index contributed by atoms with van der Waals surface area (Å²) >= 11 is 0.635. The summed E-state index contributed by atoms with van der Waals surface area (Å²) in [4.78, 5) is 116. The van der Waals surface area contributed by atoms with E-state index in [-0.39, 0.29) is 90.0 Å². The number of carbonyl (C=O) groups excluding carboxylic acids is 9. The Morgan fingerprint density at radius 1 is 0.631 bits per heavy atom. The van der Waals surface area contributed by atoms with Crippen LogP contribution in [0, 0.1) is 0 Å². The fraction of sp³-hybridized carbons (Fsp3) is 0.423. The number of rotatable bonds is 16. The number of hydrogen-bond donors (Lipinski definition) is 8. The second kappa shape index (κ2) is 31.5. The summed E-state index contributed by atoms with van der Waals surface area (Å²) in [5.74, 6) is -9.90. The zero-order valence-electron chi connectivity index (χ0n) is 42.3. The zero-order chi connectivity index (χ0) is 60.2. The molecule has 0 radical (unpaired) electrons. The Labute approximate surface area is 483 Å². The minimum absolute atomic E-state index is 0. The topological polar surface area (TPSA) is 317 Å². The van der Waals surface area contributed by atoms with Gasteiger partial charge in [-0.25, -0.2) is 14.4 Å². The molecule has 4 heterocycles. The van der Waals surface area contributed by atoms with Crippen molar-refractivity contribution in [2.75, 3.05) is 31.4 Å². The number of esters is 3. The summed E-state index contributed by atoms with van der Waals surface area (Å²) in [5, 5.41) is 21.8. The van der Waals surface area contributed by atoms with Crippen LogP contribution in [0.25, 0.3) is 0 Å².